The zero-order valence-corrected chi connectivity index (χ0v) is 20.8. The molecular weight excluding hydrogens is 480 g/mol. The van der Waals surface area contributed by atoms with E-state index in [-0.39, 0.29) is 6.61 Å². The highest BCUT2D eigenvalue weighted by molar-refractivity contribution is 7.99. The van der Waals surface area contributed by atoms with Crippen molar-refractivity contribution in [2.24, 2.45) is 0 Å². The minimum atomic E-state index is -1.12. The fourth-order valence-corrected chi connectivity index (χ4v) is 4.48. The van der Waals surface area contributed by atoms with E-state index in [9.17, 15) is 9.59 Å². The molecule has 1 fully saturated rings. The first kappa shape index (κ1) is 25.6. The van der Waals surface area contributed by atoms with Crippen molar-refractivity contribution in [1.29, 1.82) is 0 Å². The predicted octanol–water partition coefficient (Wildman–Crippen LogP) is 3.40. The molecule has 0 unspecified atom stereocenters. The molecule has 3 aromatic rings. The van der Waals surface area contributed by atoms with Crippen molar-refractivity contribution in [3.63, 3.8) is 0 Å². The molecule has 2 aromatic carbocycles. The van der Waals surface area contributed by atoms with Crippen LogP contribution in [0.5, 0.6) is 0 Å². The molecule has 1 aliphatic heterocycles. The molecule has 2 heterocycles. The van der Waals surface area contributed by atoms with Gasteiger partial charge >= 0.3 is 5.97 Å². The number of aromatic nitrogens is 2. The molecule has 1 aromatic heterocycles. The molecule has 0 bridgehead atoms. The normalized spacial score (nSPS) is 13.4. The number of rotatable bonds is 10. The minimum absolute atomic E-state index is 0.318. The number of carboxylic acids is 1. The first-order valence-electron chi connectivity index (χ1n) is 11.6. The Labute approximate surface area is 213 Å². The number of benzene rings is 2. The van der Waals surface area contributed by atoms with Gasteiger partial charge in [0.15, 0.2) is 0 Å². The number of hydrogen-bond acceptors (Lipinski definition) is 8. The second kappa shape index (κ2) is 12.5. The monoisotopic (exact) mass is 508 g/mol. The van der Waals surface area contributed by atoms with Crippen LogP contribution >= 0.6 is 11.8 Å². The summed E-state index contributed by atoms with van der Waals surface area (Å²) in [5.74, 6) is -0.771. The maximum Gasteiger partial charge on any atom is 0.329 e. The van der Waals surface area contributed by atoms with E-state index in [0.29, 0.717) is 12.1 Å². The summed E-state index contributed by atoms with van der Waals surface area (Å²) < 4.78 is 10.2. The van der Waals surface area contributed by atoms with Gasteiger partial charge in [-0.2, -0.15) is 0 Å². The molecule has 9 nitrogen and oxygen atoms in total. The summed E-state index contributed by atoms with van der Waals surface area (Å²) in [7, 11) is 0. The highest BCUT2D eigenvalue weighted by Crippen LogP contribution is 2.29. The van der Waals surface area contributed by atoms with Crippen molar-refractivity contribution in [3.8, 4) is 0 Å². The van der Waals surface area contributed by atoms with Gasteiger partial charge in [-0.05, 0) is 54.4 Å². The molecule has 0 atom stereocenters. The van der Waals surface area contributed by atoms with Gasteiger partial charge in [-0.1, -0.05) is 23.9 Å². The minimum Gasteiger partial charge on any atom is -0.480 e. The standard InChI is InChI=1S/C26H28N4O5S/c1-18-15-27-23(14-19-2-6-21(7-3-19)30-10-12-34-13-11-30)29-26(18)36-22-8-4-20(5-9-22)28-24(31)16-35-17-25(32)33/h2-9,15H,10-14,16-17H2,1H3,(H,28,31)(H,32,33). The summed E-state index contributed by atoms with van der Waals surface area (Å²) >= 11 is 1.53. The second-order valence-electron chi connectivity index (χ2n) is 8.28. The Morgan fingerprint density at radius 2 is 1.81 bits per heavy atom. The Bertz CT molecular complexity index is 1180. The van der Waals surface area contributed by atoms with Crippen LogP contribution in [0.1, 0.15) is 17.0 Å². The number of aliphatic carboxylic acids is 1. The van der Waals surface area contributed by atoms with Crippen molar-refractivity contribution in [2.45, 2.75) is 23.3 Å². The lowest BCUT2D eigenvalue weighted by atomic mass is 10.1. The third kappa shape index (κ3) is 7.51. The molecule has 0 spiro atoms. The van der Waals surface area contributed by atoms with Gasteiger partial charge in [0.2, 0.25) is 5.91 Å². The van der Waals surface area contributed by atoms with Gasteiger partial charge in [-0.3, -0.25) is 4.79 Å². The van der Waals surface area contributed by atoms with Crippen LogP contribution in [0.2, 0.25) is 0 Å². The third-order valence-corrected chi connectivity index (χ3v) is 6.58. The van der Waals surface area contributed by atoms with Crippen LogP contribution in [-0.2, 0) is 25.5 Å². The number of amides is 1. The number of hydrogen-bond donors (Lipinski definition) is 2. The summed E-state index contributed by atoms with van der Waals surface area (Å²) in [6, 6.07) is 15.9. The van der Waals surface area contributed by atoms with Crippen LogP contribution in [0.15, 0.2) is 64.6 Å². The number of carbonyl (C=O) groups is 2. The highest BCUT2D eigenvalue weighted by Gasteiger charge is 2.12. The van der Waals surface area contributed by atoms with Gasteiger partial charge in [-0.25, -0.2) is 14.8 Å². The average molecular weight is 509 g/mol. The molecule has 0 aliphatic carbocycles. The largest absolute Gasteiger partial charge is 0.480 e. The van der Waals surface area contributed by atoms with E-state index in [2.05, 4.69) is 39.5 Å². The van der Waals surface area contributed by atoms with Gasteiger partial charge in [0.05, 0.1) is 13.2 Å². The molecule has 10 heteroatoms. The fraction of sp³-hybridized carbons (Fsp3) is 0.308. The maximum atomic E-state index is 11.8. The fourth-order valence-electron chi connectivity index (χ4n) is 3.62. The SMILES string of the molecule is Cc1cnc(Cc2ccc(N3CCOCC3)cc2)nc1Sc1ccc(NC(=O)COCC(=O)O)cc1. The van der Waals surface area contributed by atoms with E-state index in [0.717, 1.165) is 53.2 Å². The number of anilines is 2. The van der Waals surface area contributed by atoms with Gasteiger partial charge in [0.1, 0.15) is 24.1 Å². The Hall–Kier alpha value is -3.47. The number of morpholine rings is 1. The molecular formula is C26H28N4O5S. The summed E-state index contributed by atoms with van der Waals surface area (Å²) in [4.78, 5) is 34.9. The van der Waals surface area contributed by atoms with Crippen LogP contribution in [0, 0.1) is 6.92 Å². The lowest BCUT2D eigenvalue weighted by Crippen LogP contribution is -2.36. The Morgan fingerprint density at radius 1 is 1.08 bits per heavy atom. The third-order valence-electron chi connectivity index (χ3n) is 5.46. The number of nitrogens with zero attached hydrogens (tertiary/aromatic N) is 3. The summed E-state index contributed by atoms with van der Waals surface area (Å²) in [6.07, 6.45) is 2.49. The van der Waals surface area contributed by atoms with Gasteiger partial charge < -0.3 is 24.8 Å². The lowest BCUT2D eigenvalue weighted by molar-refractivity contribution is -0.143. The lowest BCUT2D eigenvalue weighted by Gasteiger charge is -2.28. The molecule has 0 radical (unpaired) electrons. The van der Waals surface area contributed by atoms with Crippen LogP contribution in [0.3, 0.4) is 0 Å². The number of nitrogens with one attached hydrogen (secondary N) is 1. The van der Waals surface area contributed by atoms with E-state index in [1.165, 1.54) is 17.4 Å². The quantitative estimate of drug-likeness (QED) is 0.398. The molecule has 36 heavy (non-hydrogen) atoms. The van der Waals surface area contributed by atoms with Crippen molar-refractivity contribution in [3.05, 3.63) is 71.7 Å². The van der Waals surface area contributed by atoms with Gasteiger partial charge in [0.25, 0.3) is 0 Å². The summed E-state index contributed by atoms with van der Waals surface area (Å²) in [5.41, 5.74) is 3.94. The van der Waals surface area contributed by atoms with Crippen LogP contribution in [0.4, 0.5) is 11.4 Å². The topological polar surface area (TPSA) is 114 Å². The van der Waals surface area contributed by atoms with E-state index in [1.807, 2.05) is 25.3 Å². The Kier molecular flexibility index (Phi) is 8.88. The van der Waals surface area contributed by atoms with E-state index < -0.39 is 18.5 Å². The zero-order chi connectivity index (χ0) is 25.3. The molecule has 188 valence electrons. The predicted molar refractivity (Wildman–Crippen MR) is 137 cm³/mol. The van der Waals surface area contributed by atoms with Crippen molar-refractivity contribution < 1.29 is 24.2 Å². The van der Waals surface area contributed by atoms with E-state index >= 15 is 0 Å². The van der Waals surface area contributed by atoms with Crippen LogP contribution in [0.25, 0.3) is 0 Å². The number of aryl methyl sites for hydroxylation is 1. The molecule has 1 saturated heterocycles. The Morgan fingerprint density at radius 3 is 2.50 bits per heavy atom. The first-order chi connectivity index (χ1) is 17.5. The Balaban J connectivity index is 1.34. The maximum absolute atomic E-state index is 11.8. The number of carbonyl (C=O) groups excluding carboxylic acids is 1. The zero-order valence-electron chi connectivity index (χ0n) is 20.0. The molecule has 1 aliphatic rings. The van der Waals surface area contributed by atoms with Gasteiger partial charge in [0, 0.05) is 42.0 Å². The second-order valence-corrected chi connectivity index (χ2v) is 9.34. The van der Waals surface area contributed by atoms with E-state index in [1.54, 1.807) is 12.1 Å². The van der Waals surface area contributed by atoms with Crippen LogP contribution in [-0.4, -0.2) is 66.5 Å². The smallest absolute Gasteiger partial charge is 0.329 e. The van der Waals surface area contributed by atoms with Crippen molar-refractivity contribution >= 4 is 35.0 Å². The van der Waals surface area contributed by atoms with Crippen molar-refractivity contribution in [1.82, 2.24) is 9.97 Å². The molecule has 1 amide bonds. The van der Waals surface area contributed by atoms with E-state index in [4.69, 9.17) is 19.6 Å². The number of ether oxygens (including phenoxy) is 2. The summed E-state index contributed by atoms with van der Waals surface area (Å²) in [5, 5.41) is 12.1. The summed E-state index contributed by atoms with van der Waals surface area (Å²) in [6.45, 7) is 4.51. The molecule has 2 N–H and O–H groups in total. The molecule has 4 rings (SSSR count). The average Bonchev–Trinajstić information content (AvgIpc) is 2.88. The molecule has 0 saturated carbocycles. The highest BCUT2D eigenvalue weighted by atomic mass is 32.2. The van der Waals surface area contributed by atoms with Crippen molar-refractivity contribution in [2.75, 3.05) is 49.7 Å². The first-order valence-corrected chi connectivity index (χ1v) is 12.4. The van der Waals surface area contributed by atoms with Crippen LogP contribution < -0.4 is 10.2 Å². The van der Waals surface area contributed by atoms with Gasteiger partial charge in [-0.15, -0.1) is 0 Å². The number of carboxylic acid groups (broad SMARTS) is 1.